The molecule has 0 unspecified atom stereocenters. The summed E-state index contributed by atoms with van der Waals surface area (Å²) in [6, 6.07) is 2.33. The molecule has 1 heterocycles. The molecule has 9 heteroatoms. The van der Waals surface area contributed by atoms with Crippen molar-refractivity contribution in [3.05, 3.63) is 32.7 Å². The van der Waals surface area contributed by atoms with E-state index in [1.165, 1.54) is 35.9 Å². The molecule has 0 radical (unpaired) electrons. The number of rotatable bonds is 5. The summed E-state index contributed by atoms with van der Waals surface area (Å²) in [6.45, 7) is 4.70. The van der Waals surface area contributed by atoms with Gasteiger partial charge in [-0.25, -0.2) is 0 Å². The molecule has 1 aromatic rings. The molecule has 1 N–H and O–H groups in total. The first-order chi connectivity index (χ1) is 11.4. The van der Waals surface area contributed by atoms with Crippen LogP contribution < -0.4 is 4.74 Å². The van der Waals surface area contributed by atoms with Crippen LogP contribution in [-0.2, 0) is 4.79 Å². The largest absolute Gasteiger partial charge is 0.504 e. The number of thioether (sulfide) groups is 1. The van der Waals surface area contributed by atoms with Crippen LogP contribution in [0.4, 0.5) is 5.69 Å². The van der Waals surface area contributed by atoms with Crippen molar-refractivity contribution in [2.24, 2.45) is 4.99 Å². The van der Waals surface area contributed by atoms with E-state index >= 15 is 0 Å². The van der Waals surface area contributed by atoms with Crippen molar-refractivity contribution >= 4 is 34.6 Å². The van der Waals surface area contributed by atoms with Crippen LogP contribution in [0.5, 0.6) is 11.5 Å². The van der Waals surface area contributed by atoms with E-state index in [1.54, 1.807) is 0 Å². The lowest BCUT2D eigenvalue weighted by Crippen LogP contribution is -2.28. The Morgan fingerprint density at radius 3 is 2.71 bits per heavy atom. The van der Waals surface area contributed by atoms with Crippen molar-refractivity contribution in [2.45, 2.75) is 13.8 Å². The van der Waals surface area contributed by atoms with Gasteiger partial charge in [0.1, 0.15) is 0 Å². The summed E-state index contributed by atoms with van der Waals surface area (Å²) < 4.78 is 4.96. The molecule has 0 bridgehead atoms. The van der Waals surface area contributed by atoms with Gasteiger partial charge in [0.2, 0.25) is 0 Å². The summed E-state index contributed by atoms with van der Waals surface area (Å²) in [5.74, 6) is -0.534. The second-order valence-corrected chi connectivity index (χ2v) is 5.77. The molecule has 1 amide bonds. The Balaban J connectivity index is 2.51. The number of hydrogen-bond donors (Lipinski definition) is 1. The Morgan fingerprint density at radius 1 is 1.46 bits per heavy atom. The average Bonchev–Trinajstić information content (AvgIpc) is 2.84. The van der Waals surface area contributed by atoms with Gasteiger partial charge >= 0.3 is 0 Å². The Kier molecular flexibility index (Phi) is 5.45. The van der Waals surface area contributed by atoms with Gasteiger partial charge in [0.15, 0.2) is 16.7 Å². The van der Waals surface area contributed by atoms with E-state index in [0.717, 1.165) is 6.07 Å². The second kappa shape index (κ2) is 7.35. The lowest BCUT2D eigenvalue weighted by Gasteiger charge is -2.11. The third-order valence-corrected chi connectivity index (χ3v) is 4.35. The van der Waals surface area contributed by atoms with Crippen molar-refractivity contribution < 1.29 is 19.6 Å². The maximum atomic E-state index is 12.4. The zero-order chi connectivity index (χ0) is 17.9. The predicted octanol–water partition coefficient (Wildman–Crippen LogP) is 2.62. The van der Waals surface area contributed by atoms with Crippen LogP contribution in [0.15, 0.2) is 22.0 Å². The van der Waals surface area contributed by atoms with Gasteiger partial charge in [0.05, 0.1) is 23.0 Å². The van der Waals surface area contributed by atoms with Gasteiger partial charge in [-0.15, -0.1) is 0 Å². The smallest absolute Gasteiger partial charge is 0.274 e. The van der Waals surface area contributed by atoms with Crippen molar-refractivity contribution in [2.75, 3.05) is 20.2 Å². The van der Waals surface area contributed by atoms with Gasteiger partial charge in [-0.1, -0.05) is 0 Å². The lowest BCUT2D eigenvalue weighted by atomic mass is 10.1. The molecule has 0 aromatic heterocycles. The van der Waals surface area contributed by atoms with Gasteiger partial charge < -0.3 is 9.84 Å². The first-order valence-corrected chi connectivity index (χ1v) is 8.05. The lowest BCUT2D eigenvalue weighted by molar-refractivity contribution is -0.385. The number of nitro groups is 1. The van der Waals surface area contributed by atoms with E-state index in [2.05, 4.69) is 4.99 Å². The number of phenolic OH excluding ortho intramolecular Hbond substituents is 1. The van der Waals surface area contributed by atoms with Crippen LogP contribution in [0.3, 0.4) is 0 Å². The summed E-state index contributed by atoms with van der Waals surface area (Å²) in [6.07, 6.45) is 1.42. The SMILES string of the molecule is CCN=C1S/C(=C\c2cc([N+](=O)[O-])cc(OC)c2O)C(=O)N1CC. The molecule has 1 aliphatic heterocycles. The maximum absolute atomic E-state index is 12.4. The molecule has 1 aromatic carbocycles. The summed E-state index contributed by atoms with van der Waals surface area (Å²) in [7, 11) is 1.30. The van der Waals surface area contributed by atoms with E-state index < -0.39 is 4.92 Å². The van der Waals surface area contributed by atoms with Crippen LogP contribution in [0.2, 0.25) is 0 Å². The van der Waals surface area contributed by atoms with Crippen LogP contribution >= 0.6 is 11.8 Å². The Morgan fingerprint density at radius 2 is 2.17 bits per heavy atom. The molecule has 1 aliphatic rings. The van der Waals surface area contributed by atoms with Crippen LogP contribution in [0, 0.1) is 10.1 Å². The number of benzene rings is 1. The van der Waals surface area contributed by atoms with Gasteiger partial charge in [-0.3, -0.25) is 24.8 Å². The number of nitro benzene ring substituents is 1. The third-order valence-electron chi connectivity index (χ3n) is 3.30. The third kappa shape index (κ3) is 3.35. The van der Waals surface area contributed by atoms with Crippen molar-refractivity contribution in [1.29, 1.82) is 0 Å². The number of non-ortho nitro benzene ring substituents is 1. The fraction of sp³-hybridized carbons (Fsp3) is 0.333. The molecule has 0 spiro atoms. The van der Waals surface area contributed by atoms with Crippen molar-refractivity contribution in [3.8, 4) is 11.5 Å². The molecular formula is C15H17N3O5S. The minimum absolute atomic E-state index is 0.0266. The number of methoxy groups -OCH3 is 1. The Labute approximate surface area is 143 Å². The van der Waals surface area contributed by atoms with Crippen LogP contribution in [-0.4, -0.2) is 46.2 Å². The molecule has 2 rings (SSSR count). The van der Waals surface area contributed by atoms with E-state index in [4.69, 9.17) is 4.74 Å². The first-order valence-electron chi connectivity index (χ1n) is 7.24. The predicted molar refractivity (Wildman–Crippen MR) is 92.2 cm³/mol. The molecule has 1 fully saturated rings. The standard InChI is InChI=1S/C15H17N3O5S/c1-4-16-15-17(5-2)14(20)12(24-15)7-9-6-10(18(21)22)8-11(23-3)13(9)19/h6-8,19H,4-5H2,1-3H3/b12-7-,16-15?. The molecule has 24 heavy (non-hydrogen) atoms. The number of aromatic hydroxyl groups is 1. The second-order valence-electron chi connectivity index (χ2n) is 4.76. The molecular weight excluding hydrogens is 334 g/mol. The molecule has 0 saturated carbocycles. The number of carbonyl (C=O) groups is 1. The molecule has 8 nitrogen and oxygen atoms in total. The van der Waals surface area contributed by atoms with Crippen molar-refractivity contribution in [3.63, 3.8) is 0 Å². The number of amides is 1. The number of ether oxygens (including phenoxy) is 1. The number of hydrogen-bond acceptors (Lipinski definition) is 7. The average molecular weight is 351 g/mol. The highest BCUT2D eigenvalue weighted by Crippen LogP contribution is 2.39. The summed E-state index contributed by atoms with van der Waals surface area (Å²) in [5.41, 5.74) is -0.0903. The minimum Gasteiger partial charge on any atom is -0.504 e. The summed E-state index contributed by atoms with van der Waals surface area (Å²) >= 11 is 1.17. The normalized spacial score (nSPS) is 17.8. The Bertz CT molecular complexity index is 745. The topological polar surface area (TPSA) is 105 Å². The van der Waals surface area contributed by atoms with Crippen LogP contribution in [0.1, 0.15) is 19.4 Å². The zero-order valence-corrected chi connectivity index (χ0v) is 14.3. The van der Waals surface area contributed by atoms with E-state index in [1.807, 2.05) is 13.8 Å². The highest BCUT2D eigenvalue weighted by atomic mass is 32.2. The first kappa shape index (κ1) is 17.8. The van der Waals surface area contributed by atoms with Gasteiger partial charge in [-0.05, 0) is 31.7 Å². The van der Waals surface area contributed by atoms with Gasteiger partial charge in [-0.2, -0.15) is 0 Å². The number of carbonyl (C=O) groups excluding carboxylic acids is 1. The molecule has 1 saturated heterocycles. The number of aliphatic imine (C=N–C) groups is 1. The molecule has 0 aliphatic carbocycles. The highest BCUT2D eigenvalue weighted by molar-refractivity contribution is 8.18. The van der Waals surface area contributed by atoms with Gasteiger partial charge in [0.25, 0.3) is 11.6 Å². The van der Waals surface area contributed by atoms with E-state index in [0.29, 0.717) is 23.2 Å². The quantitative estimate of drug-likeness (QED) is 0.497. The zero-order valence-electron chi connectivity index (χ0n) is 13.5. The van der Waals surface area contributed by atoms with Crippen LogP contribution in [0.25, 0.3) is 6.08 Å². The Hall–Kier alpha value is -2.55. The number of phenols is 1. The number of amidine groups is 1. The summed E-state index contributed by atoms with van der Waals surface area (Å²) in [4.78, 5) is 29.0. The number of nitrogens with zero attached hydrogens (tertiary/aromatic N) is 3. The van der Waals surface area contributed by atoms with Crippen molar-refractivity contribution in [1.82, 2.24) is 4.90 Å². The summed E-state index contributed by atoms with van der Waals surface area (Å²) in [5, 5.41) is 21.8. The minimum atomic E-state index is -0.587. The molecule has 128 valence electrons. The monoisotopic (exact) mass is 351 g/mol. The van der Waals surface area contributed by atoms with E-state index in [9.17, 15) is 20.0 Å². The fourth-order valence-corrected chi connectivity index (χ4v) is 3.26. The van der Waals surface area contributed by atoms with E-state index in [-0.39, 0.29) is 28.7 Å². The fourth-order valence-electron chi connectivity index (χ4n) is 2.17. The maximum Gasteiger partial charge on any atom is 0.274 e. The molecule has 0 atom stereocenters. The van der Waals surface area contributed by atoms with Gasteiger partial charge in [0, 0.05) is 24.7 Å². The highest BCUT2D eigenvalue weighted by Gasteiger charge is 2.32. The number of likely N-dealkylation sites (N-methyl/N-ethyl adjacent to an activating group) is 1.